The molecule has 0 aliphatic heterocycles. The molecule has 0 unspecified atom stereocenters. The number of rotatable bonds is 14. The normalized spacial score (nSPS) is 11.1. The average molecular weight is 565 g/mol. The molecule has 2 aromatic carbocycles. The van der Waals surface area contributed by atoms with E-state index in [1.807, 2.05) is 24.3 Å². The Hall–Kier alpha value is -3.44. The minimum absolute atomic E-state index is 0.0451. The largest absolute Gasteiger partial charge is 0.494 e. The Labute approximate surface area is 236 Å². The van der Waals surface area contributed by atoms with Crippen LogP contribution in [0.2, 0.25) is 0 Å². The first-order valence-corrected chi connectivity index (χ1v) is 12.9. The smallest absolute Gasteiger partial charge is 0.328 e. The van der Waals surface area contributed by atoms with Crippen LogP contribution in [-0.4, -0.2) is 82.2 Å². The lowest BCUT2D eigenvalue weighted by molar-refractivity contribution is -0.134. The van der Waals surface area contributed by atoms with Gasteiger partial charge in [0.2, 0.25) is 0 Å². The SMILES string of the molecule is CC(C)(CO)CO.CC(C)(c1ccc(OCCCO)cc1)c1ccc(OCCCO)cc1.O=C(O)/C=C/C(=O)O. The van der Waals surface area contributed by atoms with Crippen LogP contribution in [0.1, 0.15) is 51.7 Å². The van der Waals surface area contributed by atoms with Gasteiger partial charge in [0.1, 0.15) is 11.5 Å². The Bertz CT molecular complexity index is 919. The highest BCUT2D eigenvalue weighted by molar-refractivity contribution is 5.89. The highest BCUT2D eigenvalue weighted by Gasteiger charge is 2.23. The van der Waals surface area contributed by atoms with E-state index in [4.69, 9.17) is 40.1 Å². The average Bonchev–Trinajstić information content (AvgIpc) is 2.93. The molecule has 0 atom stereocenters. The van der Waals surface area contributed by atoms with Crippen LogP contribution >= 0.6 is 0 Å². The Morgan fingerprint density at radius 2 is 0.975 bits per heavy atom. The van der Waals surface area contributed by atoms with Gasteiger partial charge >= 0.3 is 11.9 Å². The summed E-state index contributed by atoms with van der Waals surface area (Å²) in [5.74, 6) is -0.874. The van der Waals surface area contributed by atoms with Crippen molar-refractivity contribution in [1.82, 2.24) is 0 Å². The monoisotopic (exact) mass is 564 g/mol. The van der Waals surface area contributed by atoms with E-state index in [2.05, 4.69) is 38.1 Å². The van der Waals surface area contributed by atoms with Crippen LogP contribution in [0.15, 0.2) is 60.7 Å². The van der Waals surface area contributed by atoms with Crippen LogP contribution in [0.25, 0.3) is 0 Å². The first kappa shape index (κ1) is 36.6. The maximum Gasteiger partial charge on any atom is 0.328 e. The fraction of sp³-hybridized carbons (Fsp3) is 0.467. The molecule has 0 amide bonds. The van der Waals surface area contributed by atoms with Crippen LogP contribution in [-0.2, 0) is 15.0 Å². The van der Waals surface area contributed by atoms with Gasteiger partial charge in [0.05, 0.1) is 26.4 Å². The van der Waals surface area contributed by atoms with E-state index in [0.29, 0.717) is 38.2 Å². The Balaban J connectivity index is 0.000000832. The van der Waals surface area contributed by atoms with Gasteiger partial charge in [-0.05, 0) is 35.4 Å². The fourth-order valence-corrected chi connectivity index (χ4v) is 2.80. The molecule has 10 heteroatoms. The molecule has 0 radical (unpaired) electrons. The van der Waals surface area contributed by atoms with Crippen molar-refractivity contribution in [3.05, 3.63) is 71.8 Å². The summed E-state index contributed by atoms with van der Waals surface area (Å²) in [4.78, 5) is 19.1. The number of hydrogen-bond acceptors (Lipinski definition) is 8. The van der Waals surface area contributed by atoms with Gasteiger partial charge in [-0.2, -0.15) is 0 Å². The lowest BCUT2D eigenvalue weighted by Crippen LogP contribution is -2.20. The van der Waals surface area contributed by atoms with E-state index in [1.165, 1.54) is 11.1 Å². The third-order valence-corrected chi connectivity index (χ3v) is 5.52. The fourth-order valence-electron chi connectivity index (χ4n) is 2.80. The van der Waals surface area contributed by atoms with Crippen molar-refractivity contribution in [3.8, 4) is 11.5 Å². The molecule has 224 valence electrons. The van der Waals surface area contributed by atoms with Crippen LogP contribution in [0, 0.1) is 5.41 Å². The molecule has 0 fully saturated rings. The van der Waals surface area contributed by atoms with Crippen LogP contribution < -0.4 is 9.47 Å². The molecule has 0 aromatic heterocycles. The second-order valence-corrected chi connectivity index (χ2v) is 10.0. The quantitative estimate of drug-likeness (QED) is 0.148. The van der Waals surface area contributed by atoms with Crippen molar-refractivity contribution >= 4 is 11.9 Å². The summed E-state index contributed by atoms with van der Waals surface area (Å²) in [5.41, 5.74) is 1.97. The zero-order valence-electron chi connectivity index (χ0n) is 23.7. The maximum atomic E-state index is 9.55. The molecule has 0 heterocycles. The highest BCUT2D eigenvalue weighted by atomic mass is 16.5. The number of carboxylic acids is 2. The summed E-state index contributed by atoms with van der Waals surface area (Å²) < 4.78 is 11.2. The van der Waals surface area contributed by atoms with Crippen LogP contribution in [0.3, 0.4) is 0 Å². The van der Waals surface area contributed by atoms with Gasteiger partial charge in [0.15, 0.2) is 0 Å². The molecule has 40 heavy (non-hydrogen) atoms. The molecule has 0 aliphatic rings. The number of hydrogen-bond donors (Lipinski definition) is 6. The summed E-state index contributed by atoms with van der Waals surface area (Å²) in [5, 5.41) is 50.1. The van der Waals surface area contributed by atoms with Crippen molar-refractivity contribution in [2.45, 2.75) is 46.0 Å². The first-order valence-electron chi connectivity index (χ1n) is 12.9. The van der Waals surface area contributed by atoms with Gasteiger partial charge in [0.25, 0.3) is 0 Å². The van der Waals surface area contributed by atoms with Crippen molar-refractivity contribution in [1.29, 1.82) is 0 Å². The number of benzene rings is 2. The van der Waals surface area contributed by atoms with Crippen LogP contribution in [0.4, 0.5) is 0 Å². The van der Waals surface area contributed by atoms with Gasteiger partial charge in [0, 0.05) is 49.0 Å². The number of aliphatic carboxylic acids is 2. The van der Waals surface area contributed by atoms with E-state index in [9.17, 15) is 9.59 Å². The summed E-state index contributed by atoms with van der Waals surface area (Å²) in [6, 6.07) is 16.2. The number of aliphatic hydroxyl groups excluding tert-OH is 4. The van der Waals surface area contributed by atoms with Gasteiger partial charge in [-0.15, -0.1) is 0 Å². The highest BCUT2D eigenvalue weighted by Crippen LogP contribution is 2.33. The van der Waals surface area contributed by atoms with Crippen molar-refractivity contribution < 1.29 is 49.7 Å². The van der Waals surface area contributed by atoms with Gasteiger partial charge in [-0.3, -0.25) is 0 Å². The van der Waals surface area contributed by atoms with Gasteiger partial charge < -0.3 is 40.1 Å². The molecular weight excluding hydrogens is 520 g/mol. The minimum Gasteiger partial charge on any atom is -0.494 e. The summed E-state index contributed by atoms with van der Waals surface area (Å²) in [7, 11) is 0. The maximum absolute atomic E-state index is 9.55. The van der Waals surface area contributed by atoms with Crippen molar-refractivity contribution in [3.63, 3.8) is 0 Å². The van der Waals surface area contributed by atoms with Crippen molar-refractivity contribution in [2.75, 3.05) is 39.6 Å². The van der Waals surface area contributed by atoms with E-state index >= 15 is 0 Å². The third-order valence-electron chi connectivity index (χ3n) is 5.52. The number of carboxylic acid groups (broad SMARTS) is 2. The molecule has 2 aromatic rings. The molecule has 0 bridgehead atoms. The van der Waals surface area contributed by atoms with Gasteiger partial charge in [-0.25, -0.2) is 9.59 Å². The zero-order chi connectivity index (χ0) is 30.6. The Morgan fingerprint density at radius 3 is 1.20 bits per heavy atom. The predicted molar refractivity (Wildman–Crippen MR) is 152 cm³/mol. The molecular formula is C30H44O10. The minimum atomic E-state index is -1.26. The lowest BCUT2D eigenvalue weighted by atomic mass is 9.78. The molecule has 10 nitrogen and oxygen atoms in total. The molecule has 0 saturated carbocycles. The first-order chi connectivity index (χ1) is 18.8. The zero-order valence-corrected chi connectivity index (χ0v) is 23.7. The number of ether oxygens (including phenoxy) is 2. The molecule has 6 N–H and O–H groups in total. The molecule has 0 spiro atoms. The van der Waals surface area contributed by atoms with E-state index in [-0.39, 0.29) is 37.3 Å². The second-order valence-electron chi connectivity index (χ2n) is 10.0. The van der Waals surface area contributed by atoms with E-state index in [0.717, 1.165) is 11.5 Å². The lowest BCUT2D eigenvalue weighted by Gasteiger charge is -2.26. The van der Waals surface area contributed by atoms with Crippen molar-refractivity contribution in [2.24, 2.45) is 5.41 Å². The number of carbonyl (C=O) groups is 2. The van der Waals surface area contributed by atoms with Gasteiger partial charge in [-0.1, -0.05) is 52.0 Å². The molecule has 0 aliphatic carbocycles. The summed E-state index contributed by atoms with van der Waals surface area (Å²) in [6.07, 6.45) is 2.39. The van der Waals surface area contributed by atoms with E-state index < -0.39 is 11.9 Å². The third kappa shape index (κ3) is 15.8. The second kappa shape index (κ2) is 19.6. The summed E-state index contributed by atoms with van der Waals surface area (Å²) >= 11 is 0. The van der Waals surface area contributed by atoms with Crippen LogP contribution in [0.5, 0.6) is 11.5 Å². The Morgan fingerprint density at radius 1 is 0.650 bits per heavy atom. The Kier molecular flexibility index (Phi) is 17.9. The summed E-state index contributed by atoms with van der Waals surface area (Å²) in [6.45, 7) is 9.41. The number of aliphatic hydroxyl groups is 4. The predicted octanol–water partition coefficient (Wildman–Crippen LogP) is 3.24. The van der Waals surface area contributed by atoms with E-state index in [1.54, 1.807) is 13.8 Å². The topological polar surface area (TPSA) is 174 Å². The standard InChI is InChI=1S/C21H28O4.C5H12O2.C4H4O4/c1-21(2,17-5-9-19(10-6-17)24-15-3-13-22)18-7-11-20(12-8-18)25-16-4-14-23;1-5(2,3-6)4-7;5-3(6)1-2-4(7)8/h5-12,22-23H,3-4,13-16H2,1-2H3;6-7H,3-4H2,1-2H3;1-2H,(H,5,6)(H,7,8)/b;;2-1+. The molecule has 0 saturated heterocycles. The molecule has 2 rings (SSSR count).